The minimum Gasteiger partial charge on any atom is -0.292 e. The summed E-state index contributed by atoms with van der Waals surface area (Å²) in [6.07, 6.45) is 0. The molecule has 3 nitrogen and oxygen atoms in total. The highest BCUT2D eigenvalue weighted by Gasteiger charge is 2.16. The lowest BCUT2D eigenvalue weighted by atomic mass is 10.0. The molecule has 14 heavy (non-hydrogen) atoms. The molecule has 0 radical (unpaired) electrons. The van der Waals surface area contributed by atoms with Crippen LogP contribution in [0.2, 0.25) is 0 Å². The van der Waals surface area contributed by atoms with Crippen molar-refractivity contribution in [2.75, 3.05) is 0 Å². The van der Waals surface area contributed by atoms with Crippen LogP contribution in [0.25, 0.3) is 0 Å². The van der Waals surface area contributed by atoms with E-state index < -0.39 is 0 Å². The van der Waals surface area contributed by atoms with Crippen LogP contribution in [-0.4, -0.2) is 15.6 Å². The van der Waals surface area contributed by atoms with Crippen LogP contribution in [0.15, 0.2) is 6.07 Å². The van der Waals surface area contributed by atoms with Crippen molar-refractivity contribution in [3.8, 4) is 0 Å². The van der Waals surface area contributed by atoms with Crippen LogP contribution >= 0.6 is 0 Å². The third-order valence-corrected chi connectivity index (χ3v) is 2.28. The third-order valence-electron chi connectivity index (χ3n) is 2.28. The standard InChI is InChI=1S/C11H18N2O/c1-7(2)10-6-9(12-13(10)5)11(14)8(3)4/h6-8H,1-5H3. The van der Waals surface area contributed by atoms with Gasteiger partial charge in [0.1, 0.15) is 5.69 Å². The molecule has 0 unspecified atom stereocenters. The van der Waals surface area contributed by atoms with Gasteiger partial charge in [-0.25, -0.2) is 0 Å². The molecule has 0 fully saturated rings. The molecule has 0 amide bonds. The van der Waals surface area contributed by atoms with E-state index in [4.69, 9.17) is 0 Å². The first-order valence-corrected chi connectivity index (χ1v) is 5.01. The van der Waals surface area contributed by atoms with Crippen LogP contribution in [0.3, 0.4) is 0 Å². The van der Waals surface area contributed by atoms with Crippen molar-refractivity contribution in [1.29, 1.82) is 0 Å². The number of hydrogen-bond donors (Lipinski definition) is 0. The zero-order chi connectivity index (χ0) is 10.9. The van der Waals surface area contributed by atoms with Gasteiger partial charge in [-0.2, -0.15) is 5.10 Å². The van der Waals surface area contributed by atoms with E-state index in [1.54, 1.807) is 4.68 Å². The van der Waals surface area contributed by atoms with E-state index >= 15 is 0 Å². The number of carbonyl (C=O) groups excluding carboxylic acids is 1. The number of rotatable bonds is 3. The van der Waals surface area contributed by atoms with E-state index in [-0.39, 0.29) is 11.7 Å². The number of Topliss-reactive ketones (excluding diaryl/α,β-unsaturated/α-hetero) is 1. The van der Waals surface area contributed by atoms with Crippen LogP contribution in [0, 0.1) is 5.92 Å². The van der Waals surface area contributed by atoms with Gasteiger partial charge < -0.3 is 0 Å². The first-order chi connectivity index (χ1) is 6.43. The summed E-state index contributed by atoms with van der Waals surface area (Å²) in [5.41, 5.74) is 1.69. The largest absolute Gasteiger partial charge is 0.292 e. The molecule has 1 rings (SSSR count). The molecule has 78 valence electrons. The predicted molar refractivity (Wildman–Crippen MR) is 56.5 cm³/mol. The van der Waals surface area contributed by atoms with Crippen molar-refractivity contribution in [3.05, 3.63) is 17.5 Å². The molecule has 0 N–H and O–H groups in total. The van der Waals surface area contributed by atoms with Crippen LogP contribution in [0.1, 0.15) is 49.8 Å². The Morgan fingerprint density at radius 1 is 1.36 bits per heavy atom. The molecular weight excluding hydrogens is 176 g/mol. The lowest BCUT2D eigenvalue weighted by Crippen LogP contribution is -2.08. The maximum absolute atomic E-state index is 11.7. The van der Waals surface area contributed by atoms with Crippen molar-refractivity contribution < 1.29 is 4.79 Å². The van der Waals surface area contributed by atoms with E-state index in [1.807, 2.05) is 27.0 Å². The smallest absolute Gasteiger partial charge is 0.185 e. The molecule has 0 saturated carbocycles. The van der Waals surface area contributed by atoms with E-state index in [9.17, 15) is 4.79 Å². The Bertz CT molecular complexity index is 337. The number of aromatic nitrogens is 2. The van der Waals surface area contributed by atoms with Gasteiger partial charge in [-0.05, 0) is 12.0 Å². The maximum Gasteiger partial charge on any atom is 0.185 e. The monoisotopic (exact) mass is 194 g/mol. The minimum atomic E-state index is 0.0184. The quantitative estimate of drug-likeness (QED) is 0.692. The normalized spacial score (nSPS) is 11.4. The fourth-order valence-electron chi connectivity index (χ4n) is 1.44. The minimum absolute atomic E-state index is 0.0184. The Labute approximate surface area is 85.1 Å². The number of nitrogens with zero attached hydrogens (tertiary/aromatic N) is 2. The molecule has 0 saturated heterocycles. The fourth-order valence-corrected chi connectivity index (χ4v) is 1.44. The topological polar surface area (TPSA) is 34.9 Å². The van der Waals surface area contributed by atoms with Gasteiger partial charge in [0.2, 0.25) is 0 Å². The van der Waals surface area contributed by atoms with Gasteiger partial charge in [-0.1, -0.05) is 27.7 Å². The molecule has 1 heterocycles. The van der Waals surface area contributed by atoms with Crippen molar-refractivity contribution in [1.82, 2.24) is 9.78 Å². The predicted octanol–water partition coefficient (Wildman–Crippen LogP) is 2.38. The lowest BCUT2D eigenvalue weighted by Gasteiger charge is -2.02. The SMILES string of the molecule is CC(C)C(=O)c1cc(C(C)C)n(C)n1. The van der Waals surface area contributed by atoms with Crippen LogP contribution in [0.4, 0.5) is 0 Å². The molecule has 3 heteroatoms. The van der Waals surface area contributed by atoms with Gasteiger partial charge in [0, 0.05) is 18.7 Å². The Morgan fingerprint density at radius 2 is 1.93 bits per heavy atom. The zero-order valence-corrected chi connectivity index (χ0v) is 9.53. The molecule has 0 bridgehead atoms. The second kappa shape index (κ2) is 3.95. The highest BCUT2D eigenvalue weighted by atomic mass is 16.1. The molecule has 1 aromatic rings. The molecule has 0 aliphatic carbocycles. The zero-order valence-electron chi connectivity index (χ0n) is 9.53. The average molecular weight is 194 g/mol. The Balaban J connectivity index is 3.02. The first-order valence-electron chi connectivity index (χ1n) is 5.01. The summed E-state index contributed by atoms with van der Waals surface area (Å²) in [5, 5.41) is 4.22. The van der Waals surface area contributed by atoms with Crippen molar-refractivity contribution in [2.45, 2.75) is 33.6 Å². The molecule has 0 spiro atoms. The van der Waals surface area contributed by atoms with Crippen molar-refractivity contribution in [3.63, 3.8) is 0 Å². The van der Waals surface area contributed by atoms with Crippen molar-refractivity contribution >= 4 is 5.78 Å². The lowest BCUT2D eigenvalue weighted by molar-refractivity contribution is 0.0933. The molecule has 1 aromatic heterocycles. The molecule has 0 aliphatic rings. The second-order valence-corrected chi connectivity index (χ2v) is 4.25. The Morgan fingerprint density at radius 3 is 2.29 bits per heavy atom. The van der Waals surface area contributed by atoms with E-state index in [2.05, 4.69) is 18.9 Å². The maximum atomic E-state index is 11.7. The summed E-state index contributed by atoms with van der Waals surface area (Å²) in [7, 11) is 1.88. The summed E-state index contributed by atoms with van der Waals surface area (Å²) < 4.78 is 1.79. The van der Waals surface area contributed by atoms with Crippen LogP contribution in [-0.2, 0) is 7.05 Å². The highest BCUT2D eigenvalue weighted by molar-refractivity contribution is 5.95. The Hall–Kier alpha value is -1.12. The molecule has 0 atom stereocenters. The fraction of sp³-hybridized carbons (Fsp3) is 0.636. The van der Waals surface area contributed by atoms with Crippen LogP contribution in [0.5, 0.6) is 0 Å². The number of carbonyl (C=O) groups is 1. The van der Waals surface area contributed by atoms with Gasteiger partial charge >= 0.3 is 0 Å². The van der Waals surface area contributed by atoms with Gasteiger partial charge in [0.25, 0.3) is 0 Å². The van der Waals surface area contributed by atoms with Gasteiger partial charge in [0.05, 0.1) is 0 Å². The van der Waals surface area contributed by atoms with Gasteiger partial charge in [-0.15, -0.1) is 0 Å². The summed E-state index contributed by atoms with van der Waals surface area (Å²) in [4.78, 5) is 11.7. The number of aryl methyl sites for hydroxylation is 1. The average Bonchev–Trinajstić information content (AvgIpc) is 2.45. The second-order valence-electron chi connectivity index (χ2n) is 4.25. The number of hydrogen-bond acceptors (Lipinski definition) is 2. The molecular formula is C11H18N2O. The third kappa shape index (κ3) is 2.03. The first kappa shape index (κ1) is 11.0. The van der Waals surface area contributed by atoms with E-state index in [0.29, 0.717) is 11.6 Å². The Kier molecular flexibility index (Phi) is 3.09. The summed E-state index contributed by atoms with van der Waals surface area (Å²) >= 11 is 0. The summed E-state index contributed by atoms with van der Waals surface area (Å²) in [5.74, 6) is 0.540. The van der Waals surface area contributed by atoms with Gasteiger partial charge in [-0.3, -0.25) is 9.48 Å². The van der Waals surface area contributed by atoms with Crippen molar-refractivity contribution in [2.24, 2.45) is 13.0 Å². The van der Waals surface area contributed by atoms with Crippen LogP contribution < -0.4 is 0 Å². The summed E-state index contributed by atoms with van der Waals surface area (Å²) in [6.45, 7) is 7.99. The molecule has 0 aliphatic heterocycles. The van der Waals surface area contributed by atoms with Gasteiger partial charge in [0.15, 0.2) is 5.78 Å². The van der Waals surface area contributed by atoms with E-state index in [0.717, 1.165) is 5.69 Å². The molecule has 0 aromatic carbocycles. The van der Waals surface area contributed by atoms with E-state index in [1.165, 1.54) is 0 Å². The highest BCUT2D eigenvalue weighted by Crippen LogP contribution is 2.16. The number of ketones is 1. The summed E-state index contributed by atoms with van der Waals surface area (Å²) in [6, 6.07) is 1.90.